The molecule has 0 aliphatic heterocycles. The second-order valence-electron chi connectivity index (χ2n) is 5.91. The average Bonchev–Trinajstić information content (AvgIpc) is 2.54. The van der Waals surface area contributed by atoms with Gasteiger partial charge in [0.05, 0.1) is 5.56 Å². The molecule has 0 unspecified atom stereocenters. The van der Waals surface area contributed by atoms with Gasteiger partial charge in [0.2, 0.25) is 5.91 Å². The maximum atomic E-state index is 12.5. The van der Waals surface area contributed by atoms with Gasteiger partial charge in [-0.1, -0.05) is 19.1 Å². The zero-order valence-electron chi connectivity index (χ0n) is 14.6. The zero-order chi connectivity index (χ0) is 19.0. The molecule has 0 saturated heterocycles. The van der Waals surface area contributed by atoms with Gasteiger partial charge in [-0.05, 0) is 31.0 Å². The van der Waals surface area contributed by atoms with Crippen molar-refractivity contribution in [3.05, 3.63) is 35.4 Å². The van der Waals surface area contributed by atoms with Crippen LogP contribution in [0.15, 0.2) is 24.3 Å². The van der Waals surface area contributed by atoms with Crippen molar-refractivity contribution < 1.29 is 22.8 Å². The Labute approximate surface area is 145 Å². The molecule has 1 aromatic rings. The summed E-state index contributed by atoms with van der Waals surface area (Å²) in [5.41, 5.74) is -0.143. The Balaban J connectivity index is 2.40. The molecule has 0 aromatic heterocycles. The zero-order valence-corrected chi connectivity index (χ0v) is 14.6. The van der Waals surface area contributed by atoms with Gasteiger partial charge in [-0.3, -0.25) is 4.79 Å². The van der Waals surface area contributed by atoms with Crippen molar-refractivity contribution in [2.24, 2.45) is 0 Å². The van der Waals surface area contributed by atoms with Crippen LogP contribution in [0.1, 0.15) is 37.8 Å². The molecule has 3 amide bonds. The van der Waals surface area contributed by atoms with E-state index < -0.39 is 17.8 Å². The molecular formula is C17H24F3N3O2. The van der Waals surface area contributed by atoms with Crippen LogP contribution in [0.5, 0.6) is 0 Å². The van der Waals surface area contributed by atoms with E-state index in [-0.39, 0.29) is 31.5 Å². The standard InChI is InChI=1S/C17H24F3N3O2/c1-4-12(2)22-15(24)9-10-21-16(25)23(3)11-13-5-7-14(8-6-13)17(18,19)20/h5-8,12H,4,9-11H2,1-3H3,(H,21,25)(H,22,24)/t12-/m1/s1. The number of urea groups is 1. The molecule has 0 aliphatic rings. The highest BCUT2D eigenvalue weighted by molar-refractivity contribution is 5.78. The molecule has 140 valence electrons. The average molecular weight is 359 g/mol. The van der Waals surface area contributed by atoms with Gasteiger partial charge in [0.15, 0.2) is 0 Å². The molecular weight excluding hydrogens is 335 g/mol. The Morgan fingerprint density at radius 1 is 1.20 bits per heavy atom. The minimum absolute atomic E-state index is 0.0885. The molecule has 0 radical (unpaired) electrons. The first kappa shape index (κ1) is 20.8. The molecule has 0 spiro atoms. The van der Waals surface area contributed by atoms with Crippen molar-refractivity contribution in [2.45, 2.75) is 45.5 Å². The predicted molar refractivity (Wildman–Crippen MR) is 88.8 cm³/mol. The summed E-state index contributed by atoms with van der Waals surface area (Å²) in [6.07, 6.45) is -3.38. The van der Waals surface area contributed by atoms with E-state index in [9.17, 15) is 22.8 Å². The number of nitrogens with zero attached hydrogens (tertiary/aromatic N) is 1. The third kappa shape index (κ3) is 7.45. The van der Waals surface area contributed by atoms with Crippen LogP contribution in [0.4, 0.5) is 18.0 Å². The van der Waals surface area contributed by atoms with Crippen molar-refractivity contribution >= 4 is 11.9 Å². The highest BCUT2D eigenvalue weighted by Crippen LogP contribution is 2.29. The summed E-state index contributed by atoms with van der Waals surface area (Å²) in [6, 6.07) is 4.35. The Bertz CT molecular complexity index is 573. The van der Waals surface area contributed by atoms with E-state index in [1.54, 1.807) is 0 Å². The molecule has 2 N–H and O–H groups in total. The minimum Gasteiger partial charge on any atom is -0.354 e. The topological polar surface area (TPSA) is 61.4 Å². The van der Waals surface area contributed by atoms with Gasteiger partial charge in [-0.2, -0.15) is 13.2 Å². The van der Waals surface area contributed by atoms with Crippen molar-refractivity contribution in [1.29, 1.82) is 0 Å². The number of halogens is 3. The molecule has 0 heterocycles. The summed E-state index contributed by atoms with van der Waals surface area (Å²) < 4.78 is 37.5. The van der Waals surface area contributed by atoms with Gasteiger partial charge in [-0.15, -0.1) is 0 Å². The number of hydrogen-bond donors (Lipinski definition) is 2. The van der Waals surface area contributed by atoms with Crippen LogP contribution in [0.3, 0.4) is 0 Å². The largest absolute Gasteiger partial charge is 0.416 e. The molecule has 5 nitrogen and oxygen atoms in total. The van der Waals surface area contributed by atoms with Gasteiger partial charge in [0, 0.05) is 32.6 Å². The van der Waals surface area contributed by atoms with Crippen molar-refractivity contribution in [3.63, 3.8) is 0 Å². The normalized spacial score (nSPS) is 12.4. The second-order valence-corrected chi connectivity index (χ2v) is 5.91. The third-order valence-corrected chi connectivity index (χ3v) is 3.70. The van der Waals surface area contributed by atoms with Crippen LogP contribution in [0, 0.1) is 0 Å². The summed E-state index contributed by atoms with van der Waals surface area (Å²) >= 11 is 0. The highest BCUT2D eigenvalue weighted by atomic mass is 19.4. The van der Waals surface area contributed by atoms with E-state index >= 15 is 0 Å². The first-order valence-electron chi connectivity index (χ1n) is 8.08. The molecule has 1 rings (SSSR count). The summed E-state index contributed by atoms with van der Waals surface area (Å²) in [6.45, 7) is 4.22. The molecule has 0 aliphatic carbocycles. The molecule has 0 bridgehead atoms. The van der Waals surface area contributed by atoms with Gasteiger partial charge in [0.25, 0.3) is 0 Å². The fourth-order valence-corrected chi connectivity index (χ4v) is 2.01. The van der Waals surface area contributed by atoms with Crippen molar-refractivity contribution in [3.8, 4) is 0 Å². The molecule has 1 atom stereocenters. The Morgan fingerprint density at radius 2 is 1.80 bits per heavy atom. The van der Waals surface area contributed by atoms with E-state index in [1.807, 2.05) is 13.8 Å². The van der Waals surface area contributed by atoms with Crippen LogP contribution in [-0.4, -0.2) is 36.5 Å². The first-order chi connectivity index (χ1) is 11.6. The lowest BCUT2D eigenvalue weighted by Crippen LogP contribution is -2.39. The molecule has 1 aromatic carbocycles. The molecule has 25 heavy (non-hydrogen) atoms. The summed E-state index contributed by atoms with van der Waals surface area (Å²) in [7, 11) is 1.53. The fourth-order valence-electron chi connectivity index (χ4n) is 2.01. The fraction of sp³-hybridized carbons (Fsp3) is 0.529. The Hall–Kier alpha value is -2.25. The van der Waals surface area contributed by atoms with E-state index in [0.29, 0.717) is 5.56 Å². The predicted octanol–water partition coefficient (Wildman–Crippen LogP) is 3.15. The lowest BCUT2D eigenvalue weighted by molar-refractivity contribution is -0.137. The quantitative estimate of drug-likeness (QED) is 0.786. The van der Waals surface area contributed by atoms with Crippen LogP contribution >= 0.6 is 0 Å². The summed E-state index contributed by atoms with van der Waals surface area (Å²) in [5, 5.41) is 5.40. The second kappa shape index (κ2) is 9.29. The van der Waals surface area contributed by atoms with Gasteiger partial charge >= 0.3 is 12.2 Å². The summed E-state index contributed by atoms with van der Waals surface area (Å²) in [5.74, 6) is -0.139. The van der Waals surface area contributed by atoms with Crippen molar-refractivity contribution in [2.75, 3.05) is 13.6 Å². The van der Waals surface area contributed by atoms with E-state index in [4.69, 9.17) is 0 Å². The third-order valence-electron chi connectivity index (χ3n) is 3.70. The van der Waals surface area contributed by atoms with Gasteiger partial charge in [0.1, 0.15) is 0 Å². The van der Waals surface area contributed by atoms with E-state index in [1.165, 1.54) is 24.1 Å². The van der Waals surface area contributed by atoms with Crippen molar-refractivity contribution in [1.82, 2.24) is 15.5 Å². The SMILES string of the molecule is CC[C@@H](C)NC(=O)CCNC(=O)N(C)Cc1ccc(C(F)(F)F)cc1. The molecule has 8 heteroatoms. The molecule has 0 fully saturated rings. The lowest BCUT2D eigenvalue weighted by Gasteiger charge is -2.18. The van der Waals surface area contributed by atoms with Crippen LogP contribution in [0.2, 0.25) is 0 Å². The van der Waals surface area contributed by atoms with Crippen LogP contribution < -0.4 is 10.6 Å². The number of carbonyl (C=O) groups is 2. The number of benzene rings is 1. The summed E-state index contributed by atoms with van der Waals surface area (Å²) in [4.78, 5) is 24.9. The van der Waals surface area contributed by atoms with Crippen LogP contribution in [0.25, 0.3) is 0 Å². The number of nitrogens with one attached hydrogen (secondary N) is 2. The lowest BCUT2D eigenvalue weighted by atomic mass is 10.1. The highest BCUT2D eigenvalue weighted by Gasteiger charge is 2.29. The number of carbonyl (C=O) groups excluding carboxylic acids is 2. The minimum atomic E-state index is -4.38. The van der Waals surface area contributed by atoms with Gasteiger partial charge in [-0.25, -0.2) is 4.79 Å². The maximum absolute atomic E-state index is 12.5. The number of hydrogen-bond acceptors (Lipinski definition) is 2. The van der Waals surface area contributed by atoms with E-state index in [2.05, 4.69) is 10.6 Å². The Morgan fingerprint density at radius 3 is 2.32 bits per heavy atom. The number of rotatable bonds is 7. The maximum Gasteiger partial charge on any atom is 0.416 e. The monoisotopic (exact) mass is 359 g/mol. The van der Waals surface area contributed by atoms with Crippen LogP contribution in [-0.2, 0) is 17.5 Å². The van der Waals surface area contributed by atoms with E-state index in [0.717, 1.165) is 18.6 Å². The number of alkyl halides is 3. The Kier molecular flexibility index (Phi) is 7.73. The smallest absolute Gasteiger partial charge is 0.354 e. The molecule has 0 saturated carbocycles. The first-order valence-corrected chi connectivity index (χ1v) is 8.08. The number of amides is 3. The van der Waals surface area contributed by atoms with Gasteiger partial charge < -0.3 is 15.5 Å².